The molecular weight excluding hydrogens is 1010 g/mol. The van der Waals surface area contributed by atoms with Crippen molar-refractivity contribution in [1.82, 2.24) is 29.1 Å². The van der Waals surface area contributed by atoms with Crippen LogP contribution in [0, 0.1) is 0 Å². The zero-order valence-electron chi connectivity index (χ0n) is 42.6. The first-order valence-corrected chi connectivity index (χ1v) is 26.5. The van der Waals surface area contributed by atoms with E-state index in [1.165, 1.54) is 32.6 Å². The van der Waals surface area contributed by atoms with Crippen LogP contribution in [0.25, 0.3) is 133 Å². The normalized spacial score (nSPS) is 11.4. The zero-order valence-corrected chi connectivity index (χ0v) is 43.4. The Bertz CT molecular complexity index is 4870. The van der Waals surface area contributed by atoms with Crippen molar-refractivity contribution in [3.63, 3.8) is 0 Å². The van der Waals surface area contributed by atoms with Crippen molar-refractivity contribution < 1.29 is 18.9 Å². The van der Waals surface area contributed by atoms with E-state index in [9.17, 15) is 10.0 Å². The van der Waals surface area contributed by atoms with Crippen LogP contribution in [0.1, 0.15) is 0 Å². The van der Waals surface area contributed by atoms with Gasteiger partial charge in [-0.1, -0.05) is 182 Å². The van der Waals surface area contributed by atoms with E-state index in [0.717, 1.165) is 83.5 Å². The van der Waals surface area contributed by atoms with Crippen molar-refractivity contribution in [2.75, 3.05) is 0 Å². The van der Waals surface area contributed by atoms with Gasteiger partial charge >= 0.3 is 7.12 Å². The molecule has 10 nitrogen and oxygen atoms in total. The number of benzene rings is 10. The fraction of sp³-hybridized carbons (Fsp3) is 0. The maximum atomic E-state index is 9.42. The van der Waals surface area contributed by atoms with Crippen LogP contribution >= 0.6 is 11.6 Å². The highest BCUT2D eigenvalue weighted by Gasteiger charge is 2.21. The first-order chi connectivity index (χ1) is 39.4. The van der Waals surface area contributed by atoms with E-state index in [-0.39, 0.29) is 5.28 Å². The molecule has 0 bridgehead atoms. The molecule has 0 radical (unpaired) electrons. The Morgan fingerprint density at radius 2 is 0.738 bits per heavy atom. The summed E-state index contributed by atoms with van der Waals surface area (Å²) in [4.78, 5) is 18.8. The summed E-state index contributed by atoms with van der Waals surface area (Å²) in [6, 6.07) is 85.2. The molecule has 2 N–H and O–H groups in total. The van der Waals surface area contributed by atoms with Gasteiger partial charge in [0.25, 0.3) is 0 Å². The highest BCUT2D eigenvalue weighted by Crippen LogP contribution is 2.39. The third kappa shape index (κ3) is 8.59. The Balaban J connectivity index is 0.000000117. The van der Waals surface area contributed by atoms with E-state index in [4.69, 9.17) is 30.4 Å². The fourth-order valence-corrected chi connectivity index (χ4v) is 11.0. The summed E-state index contributed by atoms with van der Waals surface area (Å²) in [5.41, 5.74) is 16.0. The van der Waals surface area contributed by atoms with Crippen LogP contribution in [-0.4, -0.2) is 46.2 Å². The van der Waals surface area contributed by atoms with Crippen molar-refractivity contribution in [1.29, 1.82) is 0 Å². The number of aromatic nitrogens is 6. The average Bonchev–Trinajstić information content (AvgIpc) is 4.33. The van der Waals surface area contributed by atoms with Gasteiger partial charge in [0.05, 0.1) is 22.1 Å². The lowest BCUT2D eigenvalue weighted by Crippen LogP contribution is -2.29. The third-order valence-corrected chi connectivity index (χ3v) is 14.6. The minimum Gasteiger partial charge on any atom is -0.452 e. The lowest BCUT2D eigenvalue weighted by molar-refractivity contribution is 0.425. The molecule has 0 spiro atoms. The minimum absolute atomic E-state index is 0.225. The van der Waals surface area contributed by atoms with Crippen LogP contribution < -0.4 is 5.46 Å². The Hall–Kier alpha value is -10.2. The van der Waals surface area contributed by atoms with Gasteiger partial charge in [0, 0.05) is 60.4 Å². The highest BCUT2D eigenvalue weighted by atomic mass is 35.5. The van der Waals surface area contributed by atoms with Crippen molar-refractivity contribution >= 4 is 112 Å². The maximum absolute atomic E-state index is 9.42. The molecule has 6 heterocycles. The van der Waals surface area contributed by atoms with Gasteiger partial charge in [0.1, 0.15) is 33.6 Å². The Morgan fingerprint density at radius 1 is 0.350 bits per heavy atom. The molecule has 16 rings (SSSR count). The highest BCUT2D eigenvalue weighted by molar-refractivity contribution is 6.58. The summed E-state index contributed by atoms with van der Waals surface area (Å²) in [7, 11) is -1.46. The largest absolute Gasteiger partial charge is 0.488 e. The molecule has 0 aliphatic carbocycles. The van der Waals surface area contributed by atoms with Gasteiger partial charge in [-0.05, 0) is 89.9 Å². The molecule has 0 aliphatic heterocycles. The van der Waals surface area contributed by atoms with Crippen molar-refractivity contribution in [2.45, 2.75) is 0 Å². The fourth-order valence-electron chi connectivity index (χ4n) is 10.9. The summed E-state index contributed by atoms with van der Waals surface area (Å²) >= 11 is 6.07. The van der Waals surface area contributed by atoms with Crippen LogP contribution in [0.5, 0.6) is 0 Å². The number of nitrogens with zero attached hydrogens (tertiary/aromatic N) is 6. The van der Waals surface area contributed by atoms with Gasteiger partial charge in [-0.15, -0.1) is 0 Å². The van der Waals surface area contributed by atoms with Crippen LogP contribution in [0.15, 0.2) is 264 Å². The van der Waals surface area contributed by atoms with Crippen molar-refractivity contribution in [3.8, 4) is 45.3 Å². The van der Waals surface area contributed by atoms with E-state index in [0.29, 0.717) is 22.5 Å². The van der Waals surface area contributed by atoms with E-state index in [1.54, 1.807) is 6.07 Å². The predicted molar refractivity (Wildman–Crippen MR) is 325 cm³/mol. The summed E-state index contributed by atoms with van der Waals surface area (Å²) in [5, 5.41) is 25.9. The second-order valence-electron chi connectivity index (χ2n) is 19.3. The summed E-state index contributed by atoms with van der Waals surface area (Å²) in [6.07, 6.45) is 0. The maximum Gasteiger partial charge on any atom is 0.488 e. The number of halogens is 1. The van der Waals surface area contributed by atoms with E-state index in [2.05, 4.69) is 134 Å². The molecule has 0 aliphatic rings. The smallest absolute Gasteiger partial charge is 0.452 e. The second kappa shape index (κ2) is 20.3. The molecule has 0 saturated carbocycles. The molecule has 16 aromatic rings. The lowest BCUT2D eigenvalue weighted by Gasteiger charge is -2.11. The average molecular weight is 1060 g/mol. The quantitative estimate of drug-likeness (QED) is 0.124. The van der Waals surface area contributed by atoms with Crippen LogP contribution in [-0.2, 0) is 0 Å². The summed E-state index contributed by atoms with van der Waals surface area (Å²) in [6.45, 7) is 0. The topological polar surface area (TPSA) is 128 Å². The van der Waals surface area contributed by atoms with Crippen molar-refractivity contribution in [3.05, 3.63) is 260 Å². The zero-order chi connectivity index (χ0) is 53.7. The van der Waals surface area contributed by atoms with E-state index < -0.39 is 7.12 Å². The first-order valence-electron chi connectivity index (χ1n) is 26.1. The molecule has 80 heavy (non-hydrogen) atoms. The Kier molecular flexibility index (Phi) is 12.3. The molecule has 0 amide bonds. The second-order valence-corrected chi connectivity index (χ2v) is 19.6. The lowest BCUT2D eigenvalue weighted by atomic mass is 9.80. The summed E-state index contributed by atoms with van der Waals surface area (Å²) in [5.74, 6) is 0.672. The Morgan fingerprint density at radius 3 is 1.23 bits per heavy atom. The van der Waals surface area contributed by atoms with E-state index in [1.807, 2.05) is 133 Å². The molecule has 12 heteroatoms. The molecule has 0 unspecified atom stereocenters. The molecule has 0 fully saturated rings. The van der Waals surface area contributed by atoms with Crippen LogP contribution in [0.3, 0.4) is 0 Å². The number of rotatable bonds is 6. The Labute approximate surface area is 462 Å². The van der Waals surface area contributed by atoms with Crippen LogP contribution in [0.2, 0.25) is 5.28 Å². The summed E-state index contributed by atoms with van der Waals surface area (Å²) < 4.78 is 16.7. The van der Waals surface area contributed by atoms with Crippen LogP contribution in [0.4, 0.5) is 0 Å². The molecule has 0 saturated heterocycles. The van der Waals surface area contributed by atoms with Gasteiger partial charge in [0.15, 0.2) is 17.0 Å². The molecule has 6 aromatic heterocycles. The van der Waals surface area contributed by atoms with Gasteiger partial charge in [-0.25, -0.2) is 19.9 Å². The number of hydrogen-bond acceptors (Lipinski definition) is 8. The molecule has 0 atom stereocenters. The molecule has 10 aromatic carbocycles. The van der Waals surface area contributed by atoms with Gasteiger partial charge in [-0.3, -0.25) is 0 Å². The third-order valence-electron chi connectivity index (χ3n) is 14.5. The molecular formula is C68H44BClN6O4. The number of para-hydroxylation sites is 6. The molecule has 380 valence electrons. The number of hydrogen-bond donors (Lipinski definition) is 2. The first kappa shape index (κ1) is 48.2. The van der Waals surface area contributed by atoms with Gasteiger partial charge in [-0.2, -0.15) is 0 Å². The van der Waals surface area contributed by atoms with Gasteiger partial charge in [0.2, 0.25) is 5.28 Å². The predicted octanol–water partition coefficient (Wildman–Crippen LogP) is 16.0. The van der Waals surface area contributed by atoms with Gasteiger partial charge < -0.3 is 28.0 Å². The monoisotopic (exact) mass is 1050 g/mol. The van der Waals surface area contributed by atoms with E-state index >= 15 is 0 Å². The number of fused-ring (bicyclic) bond motifs is 12. The minimum atomic E-state index is -1.46. The number of furan rings is 2. The van der Waals surface area contributed by atoms with Crippen molar-refractivity contribution in [2.24, 2.45) is 0 Å². The standard InChI is InChI=1S/C34H21N3O.C18H14BNO2.C16H9ClN2O/c1-2-11-22(12-3-1)31-33-32(27-17-6-9-20-30(27)38-33)36-34(35-31)23-13-10-14-24(21-23)37-28-18-7-4-15-25(28)26-16-5-8-19-29(26)37;21-19(22)13-6-5-7-14(12-13)20-17-10-3-1-8-15(17)16-9-2-4-11-18(16)20;17-16-18-13(10-6-2-1-3-7-10)15-14(19-16)11-8-4-5-9-12(11)20-15/h1-21H;1-12,21-22H;1-9H. The SMILES string of the molecule is Clc1nc(-c2ccccc2)c2oc3ccccc3c2n1.OB(O)c1cccc(-n2c3ccccc3c3ccccc32)c1.c1ccc(-c2nc(-c3cccc(-n4c5ccccc5c5ccccc54)c3)nc3c2oc2ccccc23)cc1.